The Hall–Kier alpha value is -3.80. The van der Waals surface area contributed by atoms with E-state index in [-0.39, 0.29) is 41.7 Å². The number of nitrogens with zero attached hydrogens (tertiary/aromatic N) is 2. The number of amidine groups is 1. The Labute approximate surface area is 182 Å². The van der Waals surface area contributed by atoms with E-state index < -0.39 is 11.7 Å². The first-order valence-corrected chi connectivity index (χ1v) is 9.76. The normalized spacial score (nSPS) is 17.6. The Bertz CT molecular complexity index is 1180. The van der Waals surface area contributed by atoms with Gasteiger partial charge in [-0.1, -0.05) is 18.2 Å². The van der Waals surface area contributed by atoms with Crippen molar-refractivity contribution in [2.45, 2.75) is 25.1 Å². The fraction of sp³-hybridized carbons (Fsp3) is 0.261. The van der Waals surface area contributed by atoms with E-state index in [1.54, 1.807) is 24.3 Å². The summed E-state index contributed by atoms with van der Waals surface area (Å²) in [6, 6.07) is 10.2. The maximum absolute atomic E-state index is 13.4. The van der Waals surface area contributed by atoms with Gasteiger partial charge in [0.05, 0.1) is 30.9 Å². The van der Waals surface area contributed by atoms with Crippen LogP contribution in [0.4, 0.5) is 13.2 Å². The lowest BCUT2D eigenvalue weighted by Crippen LogP contribution is -2.38. The van der Waals surface area contributed by atoms with Crippen molar-refractivity contribution >= 4 is 11.7 Å². The molecule has 1 saturated heterocycles. The molecule has 0 spiro atoms. The number of halogens is 3. The van der Waals surface area contributed by atoms with E-state index in [1.807, 2.05) is 6.08 Å². The van der Waals surface area contributed by atoms with Crippen LogP contribution < -0.4 is 14.8 Å². The van der Waals surface area contributed by atoms with Crippen molar-refractivity contribution < 1.29 is 27.4 Å². The number of piperidine rings is 1. The fourth-order valence-electron chi connectivity index (χ4n) is 3.83. The average molecular weight is 441 g/mol. The summed E-state index contributed by atoms with van der Waals surface area (Å²) in [6.07, 6.45) is -2.40. The summed E-state index contributed by atoms with van der Waals surface area (Å²) in [5, 5.41) is 11.7. The molecular formula is C23H18F3N3O3. The minimum atomic E-state index is -4.62. The maximum atomic E-state index is 13.4. The number of carbonyl (C=O) groups excluding carboxylic acids is 1. The Morgan fingerprint density at radius 1 is 1.22 bits per heavy atom. The van der Waals surface area contributed by atoms with E-state index in [1.165, 1.54) is 19.2 Å². The third-order valence-corrected chi connectivity index (χ3v) is 5.37. The average Bonchev–Trinajstić information content (AvgIpc) is 3.24. The number of ether oxygens (including phenoxy) is 2. The van der Waals surface area contributed by atoms with Crippen molar-refractivity contribution in [2.24, 2.45) is 4.99 Å². The van der Waals surface area contributed by atoms with Crippen molar-refractivity contribution in [1.29, 1.82) is 5.26 Å². The fourth-order valence-corrected chi connectivity index (χ4v) is 3.83. The first kappa shape index (κ1) is 21.4. The molecule has 0 bridgehead atoms. The van der Waals surface area contributed by atoms with E-state index in [2.05, 4.69) is 10.3 Å². The molecule has 1 amide bonds. The number of methoxy groups -OCH3 is 1. The number of nitrogens with one attached hydrogen (secondary N) is 1. The predicted molar refractivity (Wildman–Crippen MR) is 109 cm³/mol. The molecule has 32 heavy (non-hydrogen) atoms. The molecule has 0 saturated carbocycles. The number of hydrogen-bond acceptors (Lipinski definition) is 5. The van der Waals surface area contributed by atoms with E-state index in [0.717, 1.165) is 17.2 Å². The van der Waals surface area contributed by atoms with Crippen LogP contribution in [0.25, 0.3) is 0 Å². The Kier molecular flexibility index (Phi) is 5.61. The largest absolute Gasteiger partial charge is 0.493 e. The second-order valence-electron chi connectivity index (χ2n) is 7.33. The monoisotopic (exact) mass is 441 g/mol. The molecule has 2 aromatic rings. The van der Waals surface area contributed by atoms with Crippen LogP contribution in [0.2, 0.25) is 0 Å². The molecule has 2 aliphatic rings. The van der Waals surface area contributed by atoms with Gasteiger partial charge >= 0.3 is 6.18 Å². The molecule has 9 heteroatoms. The smallest absolute Gasteiger partial charge is 0.416 e. The van der Waals surface area contributed by atoms with Crippen molar-refractivity contribution in [3.05, 3.63) is 70.3 Å². The van der Waals surface area contributed by atoms with E-state index in [9.17, 15) is 18.0 Å². The topological polar surface area (TPSA) is 83.7 Å². The van der Waals surface area contributed by atoms with Crippen molar-refractivity contribution in [3.63, 3.8) is 0 Å². The summed E-state index contributed by atoms with van der Waals surface area (Å²) in [6.45, 7) is 0.149. The molecule has 2 heterocycles. The highest BCUT2D eigenvalue weighted by atomic mass is 19.4. The minimum Gasteiger partial charge on any atom is -0.493 e. The van der Waals surface area contributed by atoms with Crippen LogP contribution in [-0.4, -0.2) is 25.4 Å². The summed E-state index contributed by atoms with van der Waals surface area (Å²) in [4.78, 5) is 16.3. The van der Waals surface area contributed by atoms with Crippen LogP contribution in [0.15, 0.2) is 53.0 Å². The molecule has 0 aromatic heterocycles. The minimum absolute atomic E-state index is 0.0800. The summed E-state index contributed by atoms with van der Waals surface area (Å²) >= 11 is 0. The van der Waals surface area contributed by atoms with Crippen LogP contribution in [0.1, 0.15) is 34.6 Å². The van der Waals surface area contributed by atoms with Gasteiger partial charge in [-0.2, -0.15) is 18.4 Å². The highest BCUT2D eigenvalue weighted by Gasteiger charge is 2.34. The highest BCUT2D eigenvalue weighted by molar-refractivity contribution is 6.12. The molecule has 1 atom stereocenters. The molecule has 1 unspecified atom stereocenters. The SMILES string of the molecule is COc1cc(C2CC(=O)NC3=NCC=C32)ccc1OCc1ccc(C#N)cc1C(F)(F)F. The number of amides is 1. The standard InChI is InChI=1S/C23H18F3N3O3/c1-31-20-9-14(17-10-21(30)29-22-16(17)6-7-28-22)4-5-19(20)32-12-15-3-2-13(11-27)8-18(15)23(24,25)26/h2-6,8-9,17H,7,10,12H2,1H3,(H,28,29,30). The van der Waals surface area contributed by atoms with Gasteiger partial charge in [-0.25, -0.2) is 0 Å². The molecule has 0 radical (unpaired) electrons. The Morgan fingerprint density at radius 2 is 2.03 bits per heavy atom. The summed E-state index contributed by atoms with van der Waals surface area (Å²) in [7, 11) is 1.43. The molecule has 6 nitrogen and oxygen atoms in total. The molecule has 4 rings (SSSR count). The molecule has 0 aliphatic carbocycles. The Balaban J connectivity index is 1.58. The number of aliphatic imine (C=N–C) groups is 1. The number of hydrogen-bond donors (Lipinski definition) is 1. The number of carbonyl (C=O) groups is 1. The summed E-state index contributed by atoms with van der Waals surface area (Å²) in [5.74, 6) is 0.859. The van der Waals surface area contributed by atoms with Gasteiger partial charge in [-0.05, 0) is 29.8 Å². The molecular weight excluding hydrogens is 423 g/mol. The second-order valence-corrected chi connectivity index (χ2v) is 7.33. The van der Waals surface area contributed by atoms with Crippen molar-refractivity contribution in [1.82, 2.24) is 5.32 Å². The number of nitriles is 1. The predicted octanol–water partition coefficient (Wildman–Crippen LogP) is 4.11. The Morgan fingerprint density at radius 3 is 2.75 bits per heavy atom. The number of rotatable bonds is 5. The van der Waals surface area contributed by atoms with Crippen LogP contribution in [-0.2, 0) is 17.6 Å². The highest BCUT2D eigenvalue weighted by Crippen LogP contribution is 2.39. The molecule has 1 N–H and O–H groups in total. The molecule has 164 valence electrons. The zero-order chi connectivity index (χ0) is 22.9. The van der Waals surface area contributed by atoms with Gasteiger partial charge in [0.15, 0.2) is 11.5 Å². The van der Waals surface area contributed by atoms with Gasteiger partial charge in [-0.3, -0.25) is 9.79 Å². The van der Waals surface area contributed by atoms with Gasteiger partial charge < -0.3 is 14.8 Å². The zero-order valence-corrected chi connectivity index (χ0v) is 17.0. The third-order valence-electron chi connectivity index (χ3n) is 5.37. The third kappa shape index (κ3) is 4.17. The number of benzene rings is 2. The quantitative estimate of drug-likeness (QED) is 0.757. The van der Waals surface area contributed by atoms with E-state index in [4.69, 9.17) is 14.7 Å². The summed E-state index contributed by atoms with van der Waals surface area (Å²) in [5.41, 5.74) is 0.666. The molecule has 1 fully saturated rings. The van der Waals surface area contributed by atoms with Crippen molar-refractivity contribution in [3.8, 4) is 17.6 Å². The van der Waals surface area contributed by atoms with Gasteiger partial charge in [0, 0.05) is 23.5 Å². The summed E-state index contributed by atoms with van der Waals surface area (Å²) < 4.78 is 51.2. The molecule has 2 aromatic carbocycles. The second kappa shape index (κ2) is 8.38. The van der Waals surface area contributed by atoms with Crippen LogP contribution in [0.3, 0.4) is 0 Å². The molecule has 2 aliphatic heterocycles. The van der Waals surface area contributed by atoms with Crippen molar-refractivity contribution in [2.75, 3.05) is 13.7 Å². The van der Waals surface area contributed by atoms with Gasteiger partial charge in [-0.15, -0.1) is 0 Å². The first-order chi connectivity index (χ1) is 15.3. The van der Waals surface area contributed by atoms with Crippen LogP contribution in [0.5, 0.6) is 11.5 Å². The van der Waals surface area contributed by atoms with Gasteiger partial charge in [0.25, 0.3) is 0 Å². The van der Waals surface area contributed by atoms with Crippen LogP contribution >= 0.6 is 0 Å². The van der Waals surface area contributed by atoms with Crippen LogP contribution in [0, 0.1) is 11.3 Å². The van der Waals surface area contributed by atoms with Gasteiger partial charge in [0.2, 0.25) is 5.91 Å². The zero-order valence-electron chi connectivity index (χ0n) is 17.0. The maximum Gasteiger partial charge on any atom is 0.416 e. The lowest BCUT2D eigenvalue weighted by atomic mass is 9.85. The lowest BCUT2D eigenvalue weighted by molar-refractivity contribution is -0.138. The van der Waals surface area contributed by atoms with Gasteiger partial charge in [0.1, 0.15) is 12.4 Å². The first-order valence-electron chi connectivity index (χ1n) is 9.76. The van der Waals surface area contributed by atoms with E-state index in [0.29, 0.717) is 18.1 Å². The number of fused-ring (bicyclic) bond motifs is 1. The number of alkyl halides is 3. The van der Waals surface area contributed by atoms with E-state index >= 15 is 0 Å². The lowest BCUT2D eigenvalue weighted by Gasteiger charge is -2.26.